The topological polar surface area (TPSA) is 101 Å². The van der Waals surface area contributed by atoms with Gasteiger partial charge in [-0.2, -0.15) is 8.42 Å². The average molecular weight is 416 g/mol. The predicted molar refractivity (Wildman–Crippen MR) is 99.1 cm³/mol. The molecule has 2 fully saturated rings. The lowest BCUT2D eigenvalue weighted by molar-refractivity contribution is -0.178. The smallest absolute Gasteiger partial charge is 0.297 e. The molecule has 0 saturated carbocycles. The van der Waals surface area contributed by atoms with Gasteiger partial charge < -0.3 is 24.1 Å². The SMILES string of the molecule is Cc1ccc(S(=O)(=O)OC[C@@H]2OC(C)(C)O[C@H]2[C@H](O)[C@H]2COC(C)(C)O2)cc1. The minimum absolute atomic E-state index is 0.0580. The van der Waals surface area contributed by atoms with E-state index in [1.165, 1.54) is 12.1 Å². The van der Waals surface area contributed by atoms with Gasteiger partial charge in [-0.15, -0.1) is 0 Å². The van der Waals surface area contributed by atoms with Crippen LogP contribution in [0, 0.1) is 6.92 Å². The second-order valence-corrected chi connectivity index (χ2v) is 9.66. The molecule has 1 aromatic rings. The van der Waals surface area contributed by atoms with Crippen molar-refractivity contribution >= 4 is 10.1 Å². The Morgan fingerprint density at radius 3 is 2.32 bits per heavy atom. The Morgan fingerprint density at radius 2 is 1.75 bits per heavy atom. The van der Waals surface area contributed by atoms with Crippen molar-refractivity contribution in [2.75, 3.05) is 13.2 Å². The van der Waals surface area contributed by atoms with Crippen molar-refractivity contribution in [1.29, 1.82) is 0 Å². The van der Waals surface area contributed by atoms with Crippen LogP contribution in [0.1, 0.15) is 33.3 Å². The van der Waals surface area contributed by atoms with Crippen LogP contribution >= 0.6 is 0 Å². The van der Waals surface area contributed by atoms with Crippen LogP contribution in [0.15, 0.2) is 29.2 Å². The van der Waals surface area contributed by atoms with Crippen LogP contribution in [0.25, 0.3) is 0 Å². The summed E-state index contributed by atoms with van der Waals surface area (Å²) >= 11 is 0. The third-order valence-electron chi connectivity index (χ3n) is 4.67. The van der Waals surface area contributed by atoms with E-state index >= 15 is 0 Å². The second kappa shape index (κ2) is 7.64. The van der Waals surface area contributed by atoms with Crippen LogP contribution in [-0.2, 0) is 33.2 Å². The third kappa shape index (κ3) is 4.91. The number of ether oxygens (including phenoxy) is 4. The minimum atomic E-state index is -3.96. The number of aryl methyl sites for hydroxylation is 1. The summed E-state index contributed by atoms with van der Waals surface area (Å²) in [5.74, 6) is -1.80. The van der Waals surface area contributed by atoms with Gasteiger partial charge in [0.25, 0.3) is 10.1 Å². The van der Waals surface area contributed by atoms with Crippen molar-refractivity contribution in [2.24, 2.45) is 0 Å². The highest BCUT2D eigenvalue weighted by Gasteiger charge is 2.50. The molecule has 158 valence electrons. The maximum Gasteiger partial charge on any atom is 0.297 e. The van der Waals surface area contributed by atoms with Crippen molar-refractivity contribution in [3.8, 4) is 0 Å². The molecular weight excluding hydrogens is 388 g/mol. The number of aliphatic hydroxyl groups is 1. The number of hydrogen-bond acceptors (Lipinski definition) is 8. The molecule has 0 spiro atoms. The predicted octanol–water partition coefficient (Wildman–Crippen LogP) is 1.73. The first kappa shape index (κ1) is 21.6. The summed E-state index contributed by atoms with van der Waals surface area (Å²) in [5, 5.41) is 10.7. The molecule has 3 rings (SSSR count). The van der Waals surface area contributed by atoms with Gasteiger partial charge in [0.15, 0.2) is 11.6 Å². The van der Waals surface area contributed by atoms with Crippen LogP contribution in [0.3, 0.4) is 0 Å². The van der Waals surface area contributed by atoms with E-state index in [2.05, 4.69) is 0 Å². The maximum absolute atomic E-state index is 12.5. The number of benzene rings is 1. The molecule has 8 nitrogen and oxygen atoms in total. The monoisotopic (exact) mass is 416 g/mol. The largest absolute Gasteiger partial charge is 0.387 e. The van der Waals surface area contributed by atoms with E-state index in [1.54, 1.807) is 39.8 Å². The van der Waals surface area contributed by atoms with Crippen LogP contribution < -0.4 is 0 Å². The maximum atomic E-state index is 12.5. The fourth-order valence-electron chi connectivity index (χ4n) is 3.31. The Kier molecular flexibility index (Phi) is 5.90. The molecule has 2 aliphatic heterocycles. The van der Waals surface area contributed by atoms with Crippen molar-refractivity contribution in [2.45, 2.75) is 75.5 Å². The highest BCUT2D eigenvalue weighted by atomic mass is 32.2. The summed E-state index contributed by atoms with van der Waals surface area (Å²) in [7, 11) is -3.96. The van der Waals surface area contributed by atoms with E-state index in [0.717, 1.165) is 5.56 Å². The molecule has 0 aromatic heterocycles. The van der Waals surface area contributed by atoms with Gasteiger partial charge >= 0.3 is 0 Å². The van der Waals surface area contributed by atoms with Gasteiger partial charge in [0.2, 0.25) is 0 Å². The van der Waals surface area contributed by atoms with Gasteiger partial charge in [-0.25, -0.2) is 0 Å². The average Bonchev–Trinajstić information content (AvgIpc) is 3.11. The standard InChI is InChI=1S/C19H28O8S/c1-12-6-8-13(9-7-12)28(21,22)24-11-15-17(27-19(4,5)26-15)16(20)14-10-23-18(2,3)25-14/h6-9,14-17,20H,10-11H2,1-5H3/t14-,15+,16-,17-/m1/s1. The summed E-state index contributed by atoms with van der Waals surface area (Å²) in [6, 6.07) is 6.36. The first-order valence-electron chi connectivity index (χ1n) is 9.20. The molecule has 0 amide bonds. The van der Waals surface area contributed by atoms with Crippen LogP contribution in [0.2, 0.25) is 0 Å². The quantitative estimate of drug-likeness (QED) is 0.700. The molecular formula is C19H28O8S. The zero-order valence-corrected chi connectivity index (χ0v) is 17.6. The number of rotatable bonds is 6. The third-order valence-corrected chi connectivity index (χ3v) is 5.96. The minimum Gasteiger partial charge on any atom is -0.387 e. The Morgan fingerprint density at radius 1 is 1.11 bits per heavy atom. The fourth-order valence-corrected chi connectivity index (χ4v) is 4.23. The van der Waals surface area contributed by atoms with E-state index in [0.29, 0.717) is 0 Å². The van der Waals surface area contributed by atoms with Crippen molar-refractivity contribution in [3.05, 3.63) is 29.8 Å². The van der Waals surface area contributed by atoms with E-state index in [4.69, 9.17) is 23.1 Å². The zero-order chi connectivity index (χ0) is 20.7. The van der Waals surface area contributed by atoms with E-state index < -0.39 is 46.1 Å². The van der Waals surface area contributed by atoms with Crippen LogP contribution in [-0.4, -0.2) is 62.7 Å². The molecule has 9 heteroatoms. The van der Waals surface area contributed by atoms with Gasteiger partial charge in [-0.05, 0) is 46.8 Å². The summed E-state index contributed by atoms with van der Waals surface area (Å²) in [6.07, 6.45) is -3.31. The molecule has 28 heavy (non-hydrogen) atoms. The highest BCUT2D eigenvalue weighted by Crippen LogP contribution is 2.34. The van der Waals surface area contributed by atoms with Gasteiger partial charge in [-0.1, -0.05) is 17.7 Å². The number of aliphatic hydroxyl groups excluding tert-OH is 1. The Balaban J connectivity index is 1.69. The Labute approximate surface area is 165 Å². The van der Waals surface area contributed by atoms with Crippen LogP contribution in [0.5, 0.6) is 0 Å². The normalized spacial score (nSPS) is 30.4. The molecule has 4 atom stereocenters. The Bertz CT molecular complexity index is 787. The van der Waals surface area contributed by atoms with Gasteiger partial charge in [-0.3, -0.25) is 4.18 Å². The first-order chi connectivity index (χ1) is 12.9. The molecule has 0 aliphatic carbocycles. The van der Waals surface area contributed by atoms with E-state index in [1.807, 2.05) is 6.92 Å². The lowest BCUT2D eigenvalue weighted by Gasteiger charge is -2.26. The van der Waals surface area contributed by atoms with Crippen molar-refractivity contribution < 1.29 is 36.7 Å². The van der Waals surface area contributed by atoms with Gasteiger partial charge in [0.1, 0.15) is 24.4 Å². The van der Waals surface area contributed by atoms with E-state index in [-0.39, 0.29) is 18.1 Å². The molecule has 2 aliphatic rings. The fraction of sp³-hybridized carbons (Fsp3) is 0.684. The highest BCUT2D eigenvalue weighted by molar-refractivity contribution is 7.86. The van der Waals surface area contributed by atoms with Crippen molar-refractivity contribution in [1.82, 2.24) is 0 Å². The lowest BCUT2D eigenvalue weighted by atomic mass is 10.0. The molecule has 0 radical (unpaired) electrons. The first-order valence-corrected chi connectivity index (χ1v) is 10.6. The van der Waals surface area contributed by atoms with Gasteiger partial charge in [0.05, 0.1) is 18.1 Å². The lowest BCUT2D eigenvalue weighted by Crippen LogP contribution is -2.46. The molecule has 1 N–H and O–H groups in total. The second-order valence-electron chi connectivity index (χ2n) is 8.05. The molecule has 2 saturated heterocycles. The molecule has 0 bridgehead atoms. The van der Waals surface area contributed by atoms with Gasteiger partial charge in [0, 0.05) is 0 Å². The summed E-state index contributed by atoms with van der Waals surface area (Å²) in [5.41, 5.74) is 0.943. The van der Waals surface area contributed by atoms with Crippen LogP contribution in [0.4, 0.5) is 0 Å². The summed E-state index contributed by atoms with van der Waals surface area (Å²) in [6.45, 7) is 8.66. The zero-order valence-electron chi connectivity index (χ0n) is 16.7. The summed E-state index contributed by atoms with van der Waals surface area (Å²) in [4.78, 5) is 0.0580. The number of hydrogen-bond donors (Lipinski definition) is 1. The molecule has 2 heterocycles. The Hall–Kier alpha value is -1.07. The van der Waals surface area contributed by atoms with E-state index in [9.17, 15) is 13.5 Å². The van der Waals surface area contributed by atoms with Crippen molar-refractivity contribution in [3.63, 3.8) is 0 Å². The molecule has 0 unspecified atom stereocenters. The summed E-state index contributed by atoms with van der Waals surface area (Å²) < 4.78 is 52.9. The molecule has 1 aromatic carbocycles.